The Morgan fingerprint density at radius 1 is 0.750 bits per heavy atom. The van der Waals surface area contributed by atoms with Crippen LogP contribution in [0.1, 0.15) is 60.3 Å². The monoisotopic (exact) mass is 222 g/mol. The second-order valence-corrected chi connectivity index (χ2v) is 7.13. The van der Waals surface area contributed by atoms with Gasteiger partial charge in [0.25, 0.3) is 0 Å². The van der Waals surface area contributed by atoms with Crippen LogP contribution in [0.15, 0.2) is 0 Å². The van der Waals surface area contributed by atoms with E-state index in [0.717, 1.165) is 41.4 Å². The summed E-state index contributed by atoms with van der Waals surface area (Å²) in [5.41, 5.74) is 0. The van der Waals surface area contributed by atoms with Crippen LogP contribution < -0.4 is 0 Å². The van der Waals surface area contributed by atoms with Gasteiger partial charge in [0.05, 0.1) is 0 Å². The van der Waals surface area contributed by atoms with Crippen molar-refractivity contribution in [1.29, 1.82) is 0 Å². The maximum atomic E-state index is 2.48. The molecule has 2 aliphatic carbocycles. The highest BCUT2D eigenvalue weighted by molar-refractivity contribution is 4.91. The zero-order chi connectivity index (χ0) is 11.9. The molecule has 0 radical (unpaired) electrons. The van der Waals surface area contributed by atoms with E-state index in [1.165, 1.54) is 25.7 Å². The maximum absolute atomic E-state index is 2.48. The quantitative estimate of drug-likeness (QED) is 0.631. The Kier molecular flexibility index (Phi) is 3.66. The van der Waals surface area contributed by atoms with Gasteiger partial charge < -0.3 is 0 Å². The zero-order valence-electron chi connectivity index (χ0n) is 11.9. The van der Waals surface area contributed by atoms with Gasteiger partial charge in [-0.15, -0.1) is 0 Å². The molecule has 0 nitrogen and oxygen atoms in total. The Balaban J connectivity index is 1.76. The van der Waals surface area contributed by atoms with Crippen LogP contribution in [0, 0.1) is 41.4 Å². The van der Waals surface area contributed by atoms with E-state index in [0.29, 0.717) is 0 Å². The van der Waals surface area contributed by atoms with E-state index in [1.54, 1.807) is 0 Å². The van der Waals surface area contributed by atoms with Crippen molar-refractivity contribution in [3.63, 3.8) is 0 Å². The van der Waals surface area contributed by atoms with Gasteiger partial charge in [-0.1, -0.05) is 34.6 Å². The Morgan fingerprint density at radius 2 is 1.38 bits per heavy atom. The summed E-state index contributed by atoms with van der Waals surface area (Å²) < 4.78 is 0. The van der Waals surface area contributed by atoms with Gasteiger partial charge in [-0.25, -0.2) is 0 Å². The smallest absolute Gasteiger partial charge is 0.0357 e. The van der Waals surface area contributed by atoms with Crippen LogP contribution in [-0.4, -0.2) is 0 Å². The third-order valence-electron chi connectivity index (χ3n) is 6.16. The molecule has 0 aliphatic heterocycles. The summed E-state index contributed by atoms with van der Waals surface area (Å²) in [5, 5.41) is 0. The van der Waals surface area contributed by atoms with Crippen molar-refractivity contribution in [2.24, 2.45) is 41.4 Å². The summed E-state index contributed by atoms with van der Waals surface area (Å²) in [4.78, 5) is 0. The van der Waals surface area contributed by atoms with Gasteiger partial charge >= 0.3 is 0 Å². The van der Waals surface area contributed by atoms with Crippen molar-refractivity contribution in [2.75, 3.05) is 0 Å². The lowest BCUT2D eigenvalue weighted by Gasteiger charge is -2.48. The summed E-state index contributed by atoms with van der Waals surface area (Å²) in [5.74, 6) is 7.04. The van der Waals surface area contributed by atoms with Gasteiger partial charge in [0, 0.05) is 0 Å². The van der Waals surface area contributed by atoms with Crippen LogP contribution >= 0.6 is 0 Å². The van der Waals surface area contributed by atoms with Crippen LogP contribution in [0.5, 0.6) is 0 Å². The third kappa shape index (κ3) is 2.17. The first-order valence-electron chi connectivity index (χ1n) is 7.50. The number of hydrogen-bond donors (Lipinski definition) is 0. The summed E-state index contributed by atoms with van der Waals surface area (Å²) in [6.45, 7) is 12.3. The lowest BCUT2D eigenvalue weighted by atomic mass is 9.57. The molecule has 5 atom stereocenters. The molecule has 0 aromatic rings. The van der Waals surface area contributed by atoms with E-state index in [1.807, 2.05) is 0 Å². The Hall–Kier alpha value is 0. The first kappa shape index (κ1) is 12.5. The maximum Gasteiger partial charge on any atom is -0.0357 e. The van der Waals surface area contributed by atoms with E-state index in [4.69, 9.17) is 0 Å². The molecule has 0 spiro atoms. The van der Waals surface area contributed by atoms with Gasteiger partial charge in [0.1, 0.15) is 0 Å². The molecule has 0 bridgehead atoms. The molecular formula is C16H30. The van der Waals surface area contributed by atoms with Gasteiger partial charge in [-0.05, 0) is 67.1 Å². The van der Waals surface area contributed by atoms with E-state index < -0.39 is 0 Å². The average Bonchev–Trinajstić information content (AvgIpc) is 2.57. The highest BCUT2D eigenvalue weighted by Crippen LogP contribution is 2.49. The van der Waals surface area contributed by atoms with Crippen LogP contribution in [-0.2, 0) is 0 Å². The van der Waals surface area contributed by atoms with Crippen LogP contribution in [0.2, 0.25) is 0 Å². The van der Waals surface area contributed by atoms with Gasteiger partial charge in [-0.2, -0.15) is 0 Å². The molecule has 2 aliphatic rings. The highest BCUT2D eigenvalue weighted by Gasteiger charge is 2.42. The van der Waals surface area contributed by atoms with E-state index in [9.17, 15) is 0 Å². The molecule has 0 heterocycles. The Morgan fingerprint density at radius 3 is 1.88 bits per heavy atom. The van der Waals surface area contributed by atoms with E-state index in [-0.39, 0.29) is 0 Å². The molecule has 2 fully saturated rings. The molecule has 5 unspecified atom stereocenters. The normalized spacial score (nSPS) is 52.7. The Labute approximate surface area is 102 Å². The van der Waals surface area contributed by atoms with Gasteiger partial charge in [0.2, 0.25) is 0 Å². The number of hydrogen-bond acceptors (Lipinski definition) is 0. The van der Waals surface area contributed by atoms with Crippen molar-refractivity contribution in [1.82, 2.24) is 0 Å². The lowest BCUT2D eigenvalue weighted by Crippen LogP contribution is -2.42. The van der Waals surface area contributed by atoms with Crippen molar-refractivity contribution >= 4 is 0 Å². The van der Waals surface area contributed by atoms with Crippen LogP contribution in [0.25, 0.3) is 0 Å². The first-order valence-corrected chi connectivity index (χ1v) is 7.50. The van der Waals surface area contributed by atoms with Gasteiger partial charge in [-0.3, -0.25) is 0 Å². The van der Waals surface area contributed by atoms with E-state index in [2.05, 4.69) is 34.6 Å². The van der Waals surface area contributed by atoms with Crippen molar-refractivity contribution in [3.05, 3.63) is 0 Å². The average molecular weight is 222 g/mol. The second-order valence-electron chi connectivity index (χ2n) is 7.13. The fourth-order valence-electron chi connectivity index (χ4n) is 4.60. The summed E-state index contributed by atoms with van der Waals surface area (Å²) in [6.07, 6.45) is 6.01. The molecule has 0 saturated heterocycles. The van der Waals surface area contributed by atoms with Crippen LogP contribution in [0.4, 0.5) is 0 Å². The predicted molar refractivity (Wildman–Crippen MR) is 71.3 cm³/mol. The number of rotatable bonds is 3. The molecule has 94 valence electrons. The van der Waals surface area contributed by atoms with E-state index >= 15 is 0 Å². The lowest BCUT2D eigenvalue weighted by molar-refractivity contribution is 0.00446. The second kappa shape index (κ2) is 4.70. The molecule has 2 saturated carbocycles. The molecular weight excluding hydrogens is 192 g/mol. The molecule has 0 aromatic heterocycles. The largest absolute Gasteiger partial charge is 0.0625 e. The molecule has 0 aromatic carbocycles. The molecule has 2 rings (SSSR count). The summed E-state index contributed by atoms with van der Waals surface area (Å²) in [6, 6.07) is 0. The molecule has 0 heteroatoms. The Bertz CT molecular complexity index is 215. The zero-order valence-corrected chi connectivity index (χ0v) is 11.9. The van der Waals surface area contributed by atoms with Crippen LogP contribution in [0.3, 0.4) is 0 Å². The minimum Gasteiger partial charge on any atom is -0.0625 e. The minimum atomic E-state index is 0.977. The van der Waals surface area contributed by atoms with Crippen molar-refractivity contribution < 1.29 is 0 Å². The standard InChI is InChI=1S/C16H30/c1-10-8-11(2)15(9-10)6-7-16-13(4)12(3)14(16)5/h10-16H,6-9H2,1-5H3. The summed E-state index contributed by atoms with van der Waals surface area (Å²) in [7, 11) is 0. The fourth-order valence-corrected chi connectivity index (χ4v) is 4.60. The molecule has 0 amide bonds. The van der Waals surface area contributed by atoms with Crippen molar-refractivity contribution in [3.8, 4) is 0 Å². The first-order chi connectivity index (χ1) is 7.50. The minimum absolute atomic E-state index is 0.977. The molecule has 16 heavy (non-hydrogen) atoms. The highest BCUT2D eigenvalue weighted by atomic mass is 14.5. The molecule has 0 N–H and O–H groups in total. The fraction of sp³-hybridized carbons (Fsp3) is 1.00. The topological polar surface area (TPSA) is 0 Å². The van der Waals surface area contributed by atoms with Crippen molar-refractivity contribution in [2.45, 2.75) is 60.3 Å². The SMILES string of the molecule is CC1CC(C)C(CCC2C(C)C(C)C2C)C1. The third-order valence-corrected chi connectivity index (χ3v) is 6.16. The van der Waals surface area contributed by atoms with Gasteiger partial charge in [0.15, 0.2) is 0 Å². The predicted octanol–water partition coefficient (Wildman–Crippen LogP) is 4.99. The summed E-state index contributed by atoms with van der Waals surface area (Å²) >= 11 is 0.